The molecule has 0 spiro atoms. The van der Waals surface area contributed by atoms with Crippen LogP contribution in [0.5, 0.6) is 0 Å². The van der Waals surface area contributed by atoms with Crippen LogP contribution in [0, 0.1) is 17.1 Å². The van der Waals surface area contributed by atoms with E-state index in [2.05, 4.69) is 29.4 Å². The van der Waals surface area contributed by atoms with E-state index in [0.717, 1.165) is 21.9 Å². The Morgan fingerprint density at radius 2 is 1.81 bits per heavy atom. The first-order valence-corrected chi connectivity index (χ1v) is 8.62. The molecule has 0 amide bonds. The summed E-state index contributed by atoms with van der Waals surface area (Å²) in [7, 11) is 0. The maximum absolute atomic E-state index is 13.5. The fraction of sp³-hybridized carbons (Fsp3) is 0.0909. The van der Waals surface area contributed by atoms with E-state index in [0.29, 0.717) is 30.0 Å². The van der Waals surface area contributed by atoms with E-state index in [1.807, 2.05) is 30.3 Å². The van der Waals surface area contributed by atoms with Crippen molar-refractivity contribution in [3.05, 3.63) is 94.9 Å². The fourth-order valence-corrected chi connectivity index (χ4v) is 3.32. The highest BCUT2D eigenvalue weighted by Crippen LogP contribution is 2.24. The highest BCUT2D eigenvalue weighted by Gasteiger charge is 2.16. The summed E-state index contributed by atoms with van der Waals surface area (Å²) >= 11 is 0. The van der Waals surface area contributed by atoms with Gasteiger partial charge < -0.3 is 5.73 Å². The van der Waals surface area contributed by atoms with Crippen molar-refractivity contribution in [1.29, 1.82) is 5.26 Å². The van der Waals surface area contributed by atoms with E-state index in [-0.39, 0.29) is 5.82 Å². The molecule has 4 rings (SSSR count). The van der Waals surface area contributed by atoms with Crippen molar-refractivity contribution in [3.63, 3.8) is 0 Å². The van der Waals surface area contributed by atoms with Crippen molar-refractivity contribution < 1.29 is 4.39 Å². The molecule has 2 N–H and O–H groups in total. The van der Waals surface area contributed by atoms with E-state index in [1.165, 1.54) is 12.1 Å². The molecule has 27 heavy (non-hydrogen) atoms. The quantitative estimate of drug-likeness (QED) is 0.594. The first-order valence-electron chi connectivity index (χ1n) is 8.62. The Labute approximate surface area is 156 Å². The van der Waals surface area contributed by atoms with Crippen LogP contribution in [0.1, 0.15) is 22.4 Å². The minimum atomic E-state index is -0.311. The summed E-state index contributed by atoms with van der Waals surface area (Å²) in [6.07, 6.45) is 0.355. The Hall–Kier alpha value is -3.65. The highest BCUT2D eigenvalue weighted by atomic mass is 19.1. The standard InChI is InChI=1S/C22H17FN4/c23-18-9-3-5-15(11-18)12-21-20(13-24)22(25)27(26-21)14-17-8-4-7-16-6-1-2-10-19(16)17/h1-11H,12,14,25H2. The fourth-order valence-electron chi connectivity index (χ4n) is 3.32. The number of halogens is 1. The van der Waals surface area contributed by atoms with Crippen LogP contribution in [0.15, 0.2) is 66.7 Å². The molecule has 1 heterocycles. The second kappa shape index (κ2) is 6.93. The third-order valence-electron chi connectivity index (χ3n) is 4.64. The smallest absolute Gasteiger partial charge is 0.140 e. The summed E-state index contributed by atoms with van der Waals surface area (Å²) in [6, 6.07) is 22.6. The van der Waals surface area contributed by atoms with Gasteiger partial charge in [-0.3, -0.25) is 0 Å². The number of hydrogen-bond acceptors (Lipinski definition) is 3. The largest absolute Gasteiger partial charge is 0.383 e. The van der Waals surface area contributed by atoms with Gasteiger partial charge in [0.15, 0.2) is 0 Å². The topological polar surface area (TPSA) is 67.6 Å². The Kier molecular flexibility index (Phi) is 4.31. The third kappa shape index (κ3) is 3.25. The summed E-state index contributed by atoms with van der Waals surface area (Å²) in [5.41, 5.74) is 8.92. The molecule has 1 aromatic heterocycles. The number of aromatic nitrogens is 2. The molecule has 0 fully saturated rings. The Morgan fingerprint density at radius 3 is 2.63 bits per heavy atom. The predicted molar refractivity (Wildman–Crippen MR) is 104 cm³/mol. The first kappa shape index (κ1) is 16.8. The van der Waals surface area contributed by atoms with Crippen molar-refractivity contribution in [2.45, 2.75) is 13.0 Å². The minimum Gasteiger partial charge on any atom is -0.383 e. The number of nitrogens with zero attached hydrogens (tertiary/aromatic N) is 3. The number of fused-ring (bicyclic) bond motifs is 1. The van der Waals surface area contributed by atoms with Gasteiger partial charge in [-0.1, -0.05) is 54.6 Å². The lowest BCUT2D eigenvalue weighted by Crippen LogP contribution is -2.07. The zero-order valence-electron chi connectivity index (χ0n) is 14.6. The lowest BCUT2D eigenvalue weighted by atomic mass is 10.0. The molecule has 0 aliphatic rings. The number of nitrogens with two attached hydrogens (primary N) is 1. The Bertz CT molecular complexity index is 1170. The summed E-state index contributed by atoms with van der Waals surface area (Å²) in [4.78, 5) is 0. The predicted octanol–water partition coefficient (Wildman–Crippen LogP) is 4.27. The molecule has 4 nitrogen and oxygen atoms in total. The summed E-state index contributed by atoms with van der Waals surface area (Å²) in [5.74, 6) is 0.0194. The number of nitriles is 1. The van der Waals surface area contributed by atoms with Crippen LogP contribution < -0.4 is 5.73 Å². The first-order chi connectivity index (χ1) is 13.2. The van der Waals surface area contributed by atoms with Crippen LogP contribution in [0.3, 0.4) is 0 Å². The van der Waals surface area contributed by atoms with E-state index in [9.17, 15) is 9.65 Å². The van der Waals surface area contributed by atoms with Crippen molar-refractivity contribution in [2.75, 3.05) is 5.73 Å². The highest BCUT2D eigenvalue weighted by molar-refractivity contribution is 5.85. The van der Waals surface area contributed by atoms with Gasteiger partial charge in [-0.05, 0) is 34.0 Å². The van der Waals surface area contributed by atoms with Crippen LogP contribution in [0.4, 0.5) is 10.2 Å². The van der Waals surface area contributed by atoms with Crippen LogP contribution in [-0.4, -0.2) is 9.78 Å². The zero-order chi connectivity index (χ0) is 18.8. The van der Waals surface area contributed by atoms with Crippen LogP contribution in [0.25, 0.3) is 10.8 Å². The minimum absolute atomic E-state index is 0.311. The molecule has 0 unspecified atom stereocenters. The molecule has 3 aromatic carbocycles. The van der Waals surface area contributed by atoms with E-state index in [4.69, 9.17) is 5.73 Å². The van der Waals surface area contributed by atoms with E-state index < -0.39 is 0 Å². The second-order valence-corrected chi connectivity index (χ2v) is 6.42. The van der Waals surface area contributed by atoms with Gasteiger partial charge in [0.2, 0.25) is 0 Å². The van der Waals surface area contributed by atoms with E-state index in [1.54, 1.807) is 10.7 Å². The number of rotatable bonds is 4. The third-order valence-corrected chi connectivity index (χ3v) is 4.64. The average Bonchev–Trinajstić information content (AvgIpc) is 2.96. The Morgan fingerprint density at radius 1 is 1.04 bits per heavy atom. The summed E-state index contributed by atoms with van der Waals surface area (Å²) in [6.45, 7) is 0.463. The molecule has 0 aliphatic carbocycles. The molecule has 0 aliphatic heterocycles. The molecular weight excluding hydrogens is 339 g/mol. The van der Waals surface area contributed by atoms with Crippen LogP contribution in [-0.2, 0) is 13.0 Å². The summed E-state index contributed by atoms with van der Waals surface area (Å²) in [5, 5.41) is 16.3. The van der Waals surface area contributed by atoms with Crippen molar-refractivity contribution >= 4 is 16.6 Å². The SMILES string of the molecule is N#Cc1c(Cc2cccc(F)c2)nn(Cc2cccc3ccccc23)c1N. The molecule has 0 saturated carbocycles. The van der Waals surface area contributed by atoms with Gasteiger partial charge in [0, 0.05) is 6.42 Å². The van der Waals surface area contributed by atoms with Gasteiger partial charge in [-0.2, -0.15) is 10.4 Å². The Balaban J connectivity index is 1.71. The summed E-state index contributed by atoms with van der Waals surface area (Å²) < 4.78 is 15.1. The molecular formula is C22H17FN4. The van der Waals surface area contributed by atoms with E-state index >= 15 is 0 Å². The molecule has 4 aromatic rings. The molecule has 0 radical (unpaired) electrons. The molecule has 132 valence electrons. The number of nitrogen functional groups attached to an aromatic ring is 1. The van der Waals surface area contributed by atoms with Crippen LogP contribution in [0.2, 0.25) is 0 Å². The lowest BCUT2D eigenvalue weighted by molar-refractivity contribution is 0.625. The average molecular weight is 356 g/mol. The van der Waals surface area contributed by atoms with Gasteiger partial charge in [0.1, 0.15) is 23.3 Å². The maximum atomic E-state index is 13.5. The lowest BCUT2D eigenvalue weighted by Gasteiger charge is -2.08. The van der Waals surface area contributed by atoms with Crippen molar-refractivity contribution in [2.24, 2.45) is 0 Å². The van der Waals surface area contributed by atoms with Gasteiger partial charge >= 0.3 is 0 Å². The number of hydrogen-bond donors (Lipinski definition) is 1. The maximum Gasteiger partial charge on any atom is 0.140 e. The normalized spacial score (nSPS) is 10.8. The van der Waals surface area contributed by atoms with Crippen molar-refractivity contribution in [3.8, 4) is 6.07 Å². The number of benzene rings is 3. The van der Waals surface area contributed by atoms with Crippen molar-refractivity contribution in [1.82, 2.24) is 9.78 Å². The molecule has 0 atom stereocenters. The number of anilines is 1. The van der Waals surface area contributed by atoms with Crippen LogP contribution >= 0.6 is 0 Å². The monoisotopic (exact) mass is 356 g/mol. The van der Waals surface area contributed by atoms with Gasteiger partial charge in [0.05, 0.1) is 12.2 Å². The van der Waals surface area contributed by atoms with Gasteiger partial charge in [-0.25, -0.2) is 9.07 Å². The van der Waals surface area contributed by atoms with Gasteiger partial charge in [0.25, 0.3) is 0 Å². The molecule has 0 bridgehead atoms. The molecule has 0 saturated heterocycles. The second-order valence-electron chi connectivity index (χ2n) is 6.42. The van der Waals surface area contributed by atoms with Gasteiger partial charge in [-0.15, -0.1) is 0 Å². The molecule has 5 heteroatoms. The zero-order valence-corrected chi connectivity index (χ0v) is 14.6.